The third-order valence-electron chi connectivity index (χ3n) is 3.22. The number of carbonyl (C=O) groups excluding carboxylic acids is 2. The molecule has 0 fully saturated rings. The van der Waals surface area contributed by atoms with E-state index in [-0.39, 0.29) is 17.3 Å². The van der Waals surface area contributed by atoms with Gasteiger partial charge in [-0.2, -0.15) is 5.10 Å². The van der Waals surface area contributed by atoms with E-state index in [9.17, 15) is 14.0 Å². The number of halogens is 1. The van der Waals surface area contributed by atoms with Crippen molar-refractivity contribution in [2.24, 2.45) is 0 Å². The minimum atomic E-state index is -0.701. The van der Waals surface area contributed by atoms with Gasteiger partial charge in [0, 0.05) is 25.0 Å². The highest BCUT2D eigenvalue weighted by Gasteiger charge is 2.19. The molecule has 0 radical (unpaired) electrons. The van der Waals surface area contributed by atoms with Crippen molar-refractivity contribution in [3.63, 3.8) is 0 Å². The molecular formula is C16H20FN5O2. The second kappa shape index (κ2) is 8.09. The Morgan fingerprint density at radius 3 is 2.79 bits per heavy atom. The van der Waals surface area contributed by atoms with Crippen LogP contribution in [0.25, 0.3) is 0 Å². The number of urea groups is 1. The third kappa shape index (κ3) is 4.55. The van der Waals surface area contributed by atoms with Gasteiger partial charge >= 0.3 is 6.03 Å². The van der Waals surface area contributed by atoms with Gasteiger partial charge in [-0.05, 0) is 32.0 Å². The Bertz CT molecular complexity index is 702. The van der Waals surface area contributed by atoms with Crippen LogP contribution in [0.5, 0.6) is 0 Å². The van der Waals surface area contributed by atoms with E-state index in [1.165, 1.54) is 18.2 Å². The lowest BCUT2D eigenvalue weighted by Crippen LogP contribution is -2.37. The van der Waals surface area contributed by atoms with Crippen LogP contribution in [0.3, 0.4) is 0 Å². The van der Waals surface area contributed by atoms with Gasteiger partial charge in [0.1, 0.15) is 5.82 Å². The van der Waals surface area contributed by atoms with Gasteiger partial charge in [-0.3, -0.25) is 9.48 Å². The first kappa shape index (κ1) is 17.5. The maximum absolute atomic E-state index is 14.1. The molecule has 0 saturated heterocycles. The normalized spacial score (nSPS) is 11.6. The van der Waals surface area contributed by atoms with Crippen LogP contribution in [0.1, 0.15) is 24.2 Å². The van der Waals surface area contributed by atoms with E-state index in [1.54, 1.807) is 37.0 Å². The topological polar surface area (TPSA) is 88.0 Å². The summed E-state index contributed by atoms with van der Waals surface area (Å²) in [5, 5.41) is 11.8. The van der Waals surface area contributed by atoms with Crippen molar-refractivity contribution in [2.75, 3.05) is 11.9 Å². The van der Waals surface area contributed by atoms with E-state index in [1.807, 2.05) is 0 Å². The van der Waals surface area contributed by atoms with Gasteiger partial charge < -0.3 is 16.0 Å². The molecule has 0 bridgehead atoms. The molecule has 0 aliphatic rings. The fourth-order valence-corrected chi connectivity index (χ4v) is 2.22. The van der Waals surface area contributed by atoms with Crippen LogP contribution in [-0.2, 0) is 6.54 Å². The van der Waals surface area contributed by atoms with Gasteiger partial charge in [0.25, 0.3) is 5.91 Å². The zero-order valence-electron chi connectivity index (χ0n) is 13.5. The van der Waals surface area contributed by atoms with Gasteiger partial charge in [0.15, 0.2) is 0 Å². The quantitative estimate of drug-likeness (QED) is 0.755. The number of carbonyl (C=O) groups is 2. The predicted molar refractivity (Wildman–Crippen MR) is 88.3 cm³/mol. The standard InChI is InChI=1S/C16H20FN5O2/c1-3-18-16(24)21-13-7-4-6-12(17)14(13)15(23)20-11(2)10-22-9-5-8-19-22/h4-9,11H,3,10H2,1-2H3,(H,20,23)(H2,18,21,24). The van der Waals surface area contributed by atoms with Crippen LogP contribution in [0.2, 0.25) is 0 Å². The van der Waals surface area contributed by atoms with Crippen molar-refractivity contribution < 1.29 is 14.0 Å². The monoisotopic (exact) mass is 333 g/mol. The summed E-state index contributed by atoms with van der Waals surface area (Å²) in [5.74, 6) is -1.30. The Morgan fingerprint density at radius 1 is 1.33 bits per heavy atom. The largest absolute Gasteiger partial charge is 0.348 e. The van der Waals surface area contributed by atoms with E-state index < -0.39 is 17.8 Å². The molecule has 7 nitrogen and oxygen atoms in total. The summed E-state index contributed by atoms with van der Waals surface area (Å²) in [6, 6.07) is 5.10. The third-order valence-corrected chi connectivity index (χ3v) is 3.22. The molecule has 3 amide bonds. The molecule has 128 valence electrons. The van der Waals surface area contributed by atoms with Gasteiger partial charge in [-0.1, -0.05) is 6.07 Å². The molecule has 0 aliphatic carbocycles. The van der Waals surface area contributed by atoms with Crippen LogP contribution in [0.15, 0.2) is 36.7 Å². The van der Waals surface area contributed by atoms with Crippen molar-refractivity contribution in [2.45, 2.75) is 26.4 Å². The second-order valence-corrected chi connectivity index (χ2v) is 5.25. The SMILES string of the molecule is CCNC(=O)Nc1cccc(F)c1C(=O)NC(C)Cn1cccn1. The van der Waals surface area contributed by atoms with E-state index in [2.05, 4.69) is 21.0 Å². The number of nitrogens with one attached hydrogen (secondary N) is 3. The number of rotatable bonds is 6. The second-order valence-electron chi connectivity index (χ2n) is 5.25. The lowest BCUT2D eigenvalue weighted by molar-refractivity contribution is 0.0933. The van der Waals surface area contributed by atoms with E-state index in [0.29, 0.717) is 13.1 Å². The first-order valence-electron chi connectivity index (χ1n) is 7.63. The zero-order valence-corrected chi connectivity index (χ0v) is 13.5. The summed E-state index contributed by atoms with van der Waals surface area (Å²) < 4.78 is 15.8. The molecule has 1 aromatic heterocycles. The molecule has 1 unspecified atom stereocenters. The Balaban J connectivity index is 2.11. The molecule has 2 rings (SSSR count). The molecule has 8 heteroatoms. The number of hydrogen-bond donors (Lipinski definition) is 3. The summed E-state index contributed by atoms with van der Waals surface area (Å²) >= 11 is 0. The Kier molecular flexibility index (Phi) is 5.89. The molecule has 2 aromatic rings. The Hall–Kier alpha value is -2.90. The minimum Gasteiger partial charge on any atom is -0.348 e. The summed E-state index contributed by atoms with van der Waals surface area (Å²) in [6.07, 6.45) is 3.41. The van der Waals surface area contributed by atoms with Crippen LogP contribution >= 0.6 is 0 Å². The number of aromatic nitrogens is 2. The van der Waals surface area contributed by atoms with Gasteiger partial charge in [-0.15, -0.1) is 0 Å². The lowest BCUT2D eigenvalue weighted by atomic mass is 10.1. The highest BCUT2D eigenvalue weighted by atomic mass is 19.1. The van der Waals surface area contributed by atoms with Crippen molar-refractivity contribution >= 4 is 17.6 Å². The molecule has 1 atom stereocenters. The number of amides is 3. The highest BCUT2D eigenvalue weighted by Crippen LogP contribution is 2.19. The lowest BCUT2D eigenvalue weighted by Gasteiger charge is -2.16. The smallest absolute Gasteiger partial charge is 0.319 e. The fraction of sp³-hybridized carbons (Fsp3) is 0.312. The van der Waals surface area contributed by atoms with Crippen molar-refractivity contribution in [1.82, 2.24) is 20.4 Å². The number of anilines is 1. The summed E-state index contributed by atoms with van der Waals surface area (Å²) in [6.45, 7) is 4.42. The fourth-order valence-electron chi connectivity index (χ4n) is 2.22. The average Bonchev–Trinajstić information content (AvgIpc) is 3.00. The zero-order chi connectivity index (χ0) is 17.5. The van der Waals surface area contributed by atoms with Crippen LogP contribution in [-0.4, -0.2) is 34.3 Å². The van der Waals surface area contributed by atoms with Crippen LogP contribution in [0.4, 0.5) is 14.9 Å². The predicted octanol–water partition coefficient (Wildman–Crippen LogP) is 1.98. The number of benzene rings is 1. The number of hydrogen-bond acceptors (Lipinski definition) is 3. The average molecular weight is 333 g/mol. The molecule has 1 aromatic carbocycles. The summed E-state index contributed by atoms with van der Waals surface area (Å²) in [5.41, 5.74) is -0.0826. The summed E-state index contributed by atoms with van der Waals surface area (Å²) in [4.78, 5) is 24.1. The van der Waals surface area contributed by atoms with Crippen molar-refractivity contribution in [1.29, 1.82) is 0 Å². The van der Waals surface area contributed by atoms with Crippen molar-refractivity contribution in [3.05, 3.63) is 48.0 Å². The Morgan fingerprint density at radius 2 is 2.12 bits per heavy atom. The first-order chi connectivity index (χ1) is 11.5. The molecule has 0 aliphatic heterocycles. The van der Waals surface area contributed by atoms with E-state index in [4.69, 9.17) is 0 Å². The molecule has 0 saturated carbocycles. The van der Waals surface area contributed by atoms with E-state index >= 15 is 0 Å². The highest BCUT2D eigenvalue weighted by molar-refractivity contribution is 6.03. The molecule has 1 heterocycles. The van der Waals surface area contributed by atoms with Crippen LogP contribution < -0.4 is 16.0 Å². The van der Waals surface area contributed by atoms with E-state index in [0.717, 1.165) is 0 Å². The Labute approximate surface area is 139 Å². The van der Waals surface area contributed by atoms with Crippen LogP contribution in [0, 0.1) is 5.82 Å². The maximum Gasteiger partial charge on any atom is 0.319 e. The maximum atomic E-state index is 14.1. The molecular weight excluding hydrogens is 313 g/mol. The van der Waals surface area contributed by atoms with Gasteiger partial charge in [0.2, 0.25) is 0 Å². The molecule has 24 heavy (non-hydrogen) atoms. The minimum absolute atomic E-state index is 0.115. The molecule has 3 N–H and O–H groups in total. The number of nitrogens with zero attached hydrogens (tertiary/aromatic N) is 2. The summed E-state index contributed by atoms with van der Waals surface area (Å²) in [7, 11) is 0. The molecule has 0 spiro atoms. The van der Waals surface area contributed by atoms with Gasteiger partial charge in [0.05, 0.1) is 17.8 Å². The van der Waals surface area contributed by atoms with Crippen molar-refractivity contribution in [3.8, 4) is 0 Å². The van der Waals surface area contributed by atoms with Gasteiger partial charge in [-0.25, -0.2) is 9.18 Å². The first-order valence-corrected chi connectivity index (χ1v) is 7.63.